The summed E-state index contributed by atoms with van der Waals surface area (Å²) in [5.41, 5.74) is -0.675. The molecule has 0 bridgehead atoms. The Morgan fingerprint density at radius 3 is 2.49 bits per heavy atom. The molecule has 0 saturated carbocycles. The summed E-state index contributed by atoms with van der Waals surface area (Å²) in [4.78, 5) is 26.6. The van der Waals surface area contributed by atoms with Crippen molar-refractivity contribution in [2.45, 2.75) is 142 Å². The number of aliphatic hydroxyl groups excluding tert-OH is 2. The fraction of sp³-hybridized carbons (Fsp3) is 0.778. The molecule has 3 aliphatic heterocycles. The highest BCUT2D eigenvalue weighted by atomic mass is 16.7. The summed E-state index contributed by atoms with van der Waals surface area (Å²) >= 11 is 0. The number of hydrogen-bond donors (Lipinski definition) is 3. The molecule has 0 aromatic heterocycles. The highest BCUT2D eigenvalue weighted by Gasteiger charge is 2.52. The van der Waals surface area contributed by atoms with Gasteiger partial charge in [-0.15, -0.1) is 0 Å². The lowest BCUT2D eigenvalue weighted by molar-refractivity contribution is -0.221. The number of rotatable bonds is 13. The van der Waals surface area contributed by atoms with Gasteiger partial charge in [0.05, 0.1) is 30.8 Å². The van der Waals surface area contributed by atoms with Crippen molar-refractivity contribution in [3.05, 3.63) is 36.0 Å². The van der Waals surface area contributed by atoms with E-state index in [2.05, 4.69) is 13.8 Å². The van der Waals surface area contributed by atoms with Crippen molar-refractivity contribution >= 4 is 11.9 Å². The van der Waals surface area contributed by atoms with Gasteiger partial charge in [0.1, 0.15) is 23.9 Å². The number of carbonyl (C=O) groups excluding carboxylic acids is 2. The molecule has 0 aromatic rings. The van der Waals surface area contributed by atoms with Crippen LogP contribution in [0, 0.1) is 17.8 Å². The molecule has 0 amide bonds. The Balaban J connectivity index is 1.81. The van der Waals surface area contributed by atoms with Gasteiger partial charge < -0.3 is 39.0 Å². The van der Waals surface area contributed by atoms with Crippen molar-refractivity contribution in [2.24, 2.45) is 17.8 Å². The quantitative estimate of drug-likeness (QED) is 0.0861. The number of likely N-dealkylation sites (tertiary alicyclic amines) is 1. The summed E-state index contributed by atoms with van der Waals surface area (Å²) in [5, 5.41) is 32.5. The van der Waals surface area contributed by atoms with E-state index in [4.69, 9.17) is 23.7 Å². The zero-order valence-corrected chi connectivity index (χ0v) is 29.5. The predicted octanol–water partition coefficient (Wildman–Crippen LogP) is 4.04. The molecule has 47 heavy (non-hydrogen) atoms. The molecule has 268 valence electrons. The third-order valence-electron chi connectivity index (χ3n) is 9.78. The first-order valence-electron chi connectivity index (χ1n) is 17.2. The molecular formula is C36H59NO10. The maximum absolute atomic E-state index is 12.8. The molecule has 12 unspecified atom stereocenters. The fourth-order valence-electron chi connectivity index (χ4n) is 6.69. The Morgan fingerprint density at radius 2 is 1.87 bits per heavy atom. The van der Waals surface area contributed by atoms with E-state index in [1.807, 2.05) is 43.9 Å². The molecule has 3 aliphatic rings. The Labute approximate surface area is 280 Å². The van der Waals surface area contributed by atoms with Gasteiger partial charge in [-0.1, -0.05) is 52.0 Å². The minimum atomic E-state index is -1.44. The minimum Gasteiger partial charge on any atom is -0.457 e. The smallest absolute Gasteiger partial charge is 0.309 e. The van der Waals surface area contributed by atoms with Crippen LogP contribution in [0.5, 0.6) is 0 Å². The first-order chi connectivity index (χ1) is 22.2. The number of methoxy groups -OCH3 is 1. The lowest BCUT2D eigenvalue weighted by Crippen LogP contribution is -2.42. The van der Waals surface area contributed by atoms with E-state index in [1.165, 1.54) is 6.92 Å². The normalized spacial score (nSPS) is 35.2. The van der Waals surface area contributed by atoms with Crippen LogP contribution in [0.25, 0.3) is 0 Å². The predicted molar refractivity (Wildman–Crippen MR) is 177 cm³/mol. The van der Waals surface area contributed by atoms with Crippen LogP contribution in [0.1, 0.15) is 87.0 Å². The summed E-state index contributed by atoms with van der Waals surface area (Å²) in [5.74, 6) is -1.38. The van der Waals surface area contributed by atoms with Gasteiger partial charge in [-0.25, -0.2) is 0 Å². The molecule has 3 N–H and O–H groups in total. The number of aliphatic hydroxyl groups is 3. The molecule has 2 fully saturated rings. The summed E-state index contributed by atoms with van der Waals surface area (Å²) in [6.45, 7) is 14.4. The van der Waals surface area contributed by atoms with Crippen LogP contribution in [0.15, 0.2) is 36.0 Å². The van der Waals surface area contributed by atoms with Crippen LogP contribution in [-0.2, 0) is 33.3 Å². The maximum atomic E-state index is 12.8. The average Bonchev–Trinajstić information content (AvgIpc) is 3.60. The third-order valence-corrected chi connectivity index (χ3v) is 9.78. The first kappa shape index (κ1) is 39.3. The largest absolute Gasteiger partial charge is 0.457 e. The molecule has 3 heterocycles. The molecular weight excluding hydrogens is 606 g/mol. The number of hydrogen-bond acceptors (Lipinski definition) is 11. The second-order valence-corrected chi connectivity index (χ2v) is 13.9. The topological polar surface area (TPSA) is 148 Å². The van der Waals surface area contributed by atoms with Gasteiger partial charge in [0.2, 0.25) is 6.41 Å². The zero-order chi connectivity index (χ0) is 34.9. The Kier molecular flexibility index (Phi) is 15.1. The summed E-state index contributed by atoms with van der Waals surface area (Å²) < 4.78 is 29.4. The van der Waals surface area contributed by atoms with Gasteiger partial charge in [-0.2, -0.15) is 0 Å². The van der Waals surface area contributed by atoms with Crippen LogP contribution in [0.3, 0.4) is 0 Å². The standard InChI is InChI=1S/C36H59NO10/c1-9-28(43-8)25(5)33-34(46-33)32(47-35(41)37-19-10-11-20-37)23(3)14-12-13-22(2)31-24(4)15-16-29(44-26(6)38)36(7,42)18-17-27(39)21-30(40)45-31/h12-16,23-25,27-29,31-35,39,41-42H,9-11,17-21H2,1-8H3/b14-12+,16-15+,22-13+. The van der Waals surface area contributed by atoms with E-state index >= 15 is 0 Å². The van der Waals surface area contributed by atoms with Crippen LogP contribution < -0.4 is 0 Å². The average molecular weight is 666 g/mol. The number of nitrogens with zero attached hydrogens (tertiary/aromatic N) is 1. The number of allylic oxidation sites excluding steroid dienone is 2. The minimum absolute atomic E-state index is 0.0426. The number of cyclic esters (lactones) is 1. The second kappa shape index (κ2) is 18.0. The van der Waals surface area contributed by atoms with Gasteiger partial charge in [-0.05, 0) is 57.6 Å². The van der Waals surface area contributed by atoms with Crippen molar-refractivity contribution in [3.8, 4) is 0 Å². The Morgan fingerprint density at radius 1 is 1.19 bits per heavy atom. The van der Waals surface area contributed by atoms with Gasteiger partial charge in [0.15, 0.2) is 0 Å². The zero-order valence-electron chi connectivity index (χ0n) is 29.5. The number of ether oxygens (including phenoxy) is 5. The second-order valence-electron chi connectivity index (χ2n) is 13.9. The number of esters is 2. The Hall–Kier alpha value is -2.12. The first-order valence-corrected chi connectivity index (χ1v) is 17.2. The maximum Gasteiger partial charge on any atom is 0.309 e. The van der Waals surface area contributed by atoms with Crippen LogP contribution >= 0.6 is 0 Å². The van der Waals surface area contributed by atoms with E-state index in [1.54, 1.807) is 26.2 Å². The molecule has 0 aliphatic carbocycles. The summed E-state index contributed by atoms with van der Waals surface area (Å²) in [7, 11) is 1.72. The van der Waals surface area contributed by atoms with E-state index in [0.29, 0.717) is 0 Å². The molecule has 11 heteroatoms. The van der Waals surface area contributed by atoms with Gasteiger partial charge in [0.25, 0.3) is 0 Å². The van der Waals surface area contributed by atoms with E-state index in [0.717, 1.165) is 37.9 Å². The van der Waals surface area contributed by atoms with Gasteiger partial charge in [0, 0.05) is 44.9 Å². The molecule has 11 nitrogen and oxygen atoms in total. The third kappa shape index (κ3) is 11.5. The molecule has 0 aromatic carbocycles. The van der Waals surface area contributed by atoms with E-state index in [-0.39, 0.29) is 55.3 Å². The van der Waals surface area contributed by atoms with Crippen LogP contribution in [-0.4, -0.2) is 107 Å². The van der Waals surface area contributed by atoms with Crippen molar-refractivity contribution in [2.75, 3.05) is 20.2 Å². The fourth-order valence-corrected chi connectivity index (χ4v) is 6.69. The van der Waals surface area contributed by atoms with Crippen molar-refractivity contribution in [3.63, 3.8) is 0 Å². The summed E-state index contributed by atoms with van der Waals surface area (Å²) in [6.07, 6.45) is 7.92. The lowest BCUT2D eigenvalue weighted by Gasteiger charge is -2.32. The molecule has 3 rings (SSSR count). The van der Waals surface area contributed by atoms with Crippen molar-refractivity contribution in [1.82, 2.24) is 4.90 Å². The molecule has 12 atom stereocenters. The summed E-state index contributed by atoms with van der Waals surface area (Å²) in [6, 6.07) is 0. The highest BCUT2D eigenvalue weighted by Crippen LogP contribution is 2.39. The van der Waals surface area contributed by atoms with Gasteiger partial charge in [-0.3, -0.25) is 14.5 Å². The van der Waals surface area contributed by atoms with E-state index in [9.17, 15) is 24.9 Å². The van der Waals surface area contributed by atoms with Gasteiger partial charge >= 0.3 is 11.9 Å². The SMILES string of the molecule is CCC(OC)C(C)C1OC1C(OC(O)N1CCCC1)C(C)/C=C/C=C(\C)C1OC(=O)CC(O)CCC(C)(O)C(OC(C)=O)/C=C/C1C. The lowest BCUT2D eigenvalue weighted by atomic mass is 9.88. The van der Waals surface area contributed by atoms with Crippen molar-refractivity contribution in [1.29, 1.82) is 0 Å². The Bertz CT molecular complexity index is 1100. The monoisotopic (exact) mass is 665 g/mol. The number of epoxide rings is 1. The molecule has 2 saturated heterocycles. The molecule has 0 radical (unpaired) electrons. The van der Waals surface area contributed by atoms with Crippen molar-refractivity contribution < 1.29 is 48.6 Å². The van der Waals surface area contributed by atoms with E-state index < -0.39 is 48.4 Å². The highest BCUT2D eigenvalue weighted by molar-refractivity contribution is 5.70. The van der Waals surface area contributed by atoms with Crippen LogP contribution in [0.4, 0.5) is 0 Å². The molecule has 0 spiro atoms. The van der Waals surface area contributed by atoms with Crippen LogP contribution in [0.2, 0.25) is 0 Å². The number of carbonyl (C=O) groups is 2.